The van der Waals surface area contributed by atoms with Crippen LogP contribution in [0.5, 0.6) is 5.88 Å². The molecule has 2 fully saturated rings. The van der Waals surface area contributed by atoms with E-state index < -0.39 is 11.2 Å². The number of piperidine rings is 1. The van der Waals surface area contributed by atoms with Crippen LogP contribution in [0.2, 0.25) is 0 Å². The molecule has 0 radical (unpaired) electrons. The molecule has 25 heavy (non-hydrogen) atoms. The van der Waals surface area contributed by atoms with Crippen LogP contribution in [-0.4, -0.2) is 59.1 Å². The Kier molecular flexibility index (Phi) is 4.64. The first kappa shape index (κ1) is 17.9. The van der Waals surface area contributed by atoms with Crippen molar-refractivity contribution in [1.29, 1.82) is 0 Å². The zero-order chi connectivity index (χ0) is 18.2. The Labute approximate surface area is 147 Å². The molecule has 1 amide bonds. The number of aromatic nitrogens is 1. The molecule has 2 bridgehead atoms. The lowest BCUT2D eigenvalue weighted by molar-refractivity contribution is -0.141. The lowest BCUT2D eigenvalue weighted by Crippen LogP contribution is -2.63. The van der Waals surface area contributed by atoms with E-state index in [-0.39, 0.29) is 18.2 Å². The number of carbonyl (C=O) groups is 1. The van der Waals surface area contributed by atoms with Crippen molar-refractivity contribution < 1.29 is 24.1 Å². The number of pyridine rings is 1. The predicted molar refractivity (Wildman–Crippen MR) is 90.4 cm³/mol. The third-order valence-corrected chi connectivity index (χ3v) is 4.64. The van der Waals surface area contributed by atoms with Gasteiger partial charge in [-0.2, -0.15) is 0 Å². The van der Waals surface area contributed by atoms with Crippen LogP contribution in [0.4, 0.5) is 4.79 Å². The monoisotopic (exact) mass is 350 g/mol. The SMILES string of the molecule is COc1cc(C2(O)CC3COCC(C2)N3C(=O)OC(C)(C)C)ccn1. The topological polar surface area (TPSA) is 81.1 Å². The number of hydrogen-bond acceptors (Lipinski definition) is 6. The van der Waals surface area contributed by atoms with Crippen molar-refractivity contribution in [1.82, 2.24) is 9.88 Å². The van der Waals surface area contributed by atoms with E-state index in [0.717, 1.165) is 5.56 Å². The van der Waals surface area contributed by atoms with Crippen LogP contribution in [0, 0.1) is 0 Å². The van der Waals surface area contributed by atoms with Crippen LogP contribution in [0.3, 0.4) is 0 Å². The summed E-state index contributed by atoms with van der Waals surface area (Å²) in [4.78, 5) is 18.4. The minimum atomic E-state index is -1.05. The minimum absolute atomic E-state index is 0.230. The van der Waals surface area contributed by atoms with Crippen LogP contribution in [0.15, 0.2) is 18.3 Å². The number of amides is 1. The van der Waals surface area contributed by atoms with Gasteiger partial charge in [0.05, 0.1) is 38.0 Å². The van der Waals surface area contributed by atoms with Crippen molar-refractivity contribution in [2.45, 2.75) is 56.9 Å². The van der Waals surface area contributed by atoms with Crippen molar-refractivity contribution in [2.75, 3.05) is 20.3 Å². The maximum Gasteiger partial charge on any atom is 0.410 e. The molecule has 7 heteroatoms. The number of hydrogen-bond donors (Lipinski definition) is 1. The van der Waals surface area contributed by atoms with E-state index >= 15 is 0 Å². The lowest BCUT2D eigenvalue weighted by atomic mass is 9.77. The number of carbonyl (C=O) groups excluding carboxylic acids is 1. The molecular formula is C18H26N2O5. The maximum atomic E-state index is 12.6. The molecule has 2 aliphatic rings. The molecular weight excluding hydrogens is 324 g/mol. The number of fused-ring (bicyclic) bond motifs is 2. The number of morpholine rings is 1. The maximum absolute atomic E-state index is 12.6. The van der Waals surface area contributed by atoms with Gasteiger partial charge in [-0.1, -0.05) is 0 Å². The normalized spacial score (nSPS) is 29.2. The van der Waals surface area contributed by atoms with Crippen LogP contribution < -0.4 is 4.74 Å². The summed E-state index contributed by atoms with van der Waals surface area (Å²) in [6.07, 6.45) is 2.05. The number of nitrogens with zero attached hydrogens (tertiary/aromatic N) is 2. The quantitative estimate of drug-likeness (QED) is 0.879. The third-order valence-electron chi connectivity index (χ3n) is 4.64. The van der Waals surface area contributed by atoms with Crippen molar-refractivity contribution in [3.8, 4) is 5.88 Å². The van der Waals surface area contributed by atoms with E-state index in [1.807, 2.05) is 20.8 Å². The average Bonchev–Trinajstić information content (AvgIpc) is 2.52. The summed E-state index contributed by atoms with van der Waals surface area (Å²) in [7, 11) is 1.55. The molecule has 3 heterocycles. The van der Waals surface area contributed by atoms with Gasteiger partial charge in [0.15, 0.2) is 0 Å². The highest BCUT2D eigenvalue weighted by atomic mass is 16.6. The summed E-state index contributed by atoms with van der Waals surface area (Å²) in [5.41, 5.74) is -0.855. The molecule has 1 N–H and O–H groups in total. The van der Waals surface area contributed by atoms with Crippen molar-refractivity contribution in [3.05, 3.63) is 23.9 Å². The second kappa shape index (κ2) is 6.46. The van der Waals surface area contributed by atoms with Gasteiger partial charge in [0.1, 0.15) is 5.60 Å². The minimum Gasteiger partial charge on any atom is -0.481 e. The Morgan fingerprint density at radius 2 is 2.00 bits per heavy atom. The molecule has 0 aromatic carbocycles. The van der Waals surface area contributed by atoms with E-state index in [9.17, 15) is 9.90 Å². The molecule has 2 unspecified atom stereocenters. The fourth-order valence-electron chi connectivity index (χ4n) is 3.64. The van der Waals surface area contributed by atoms with Crippen LogP contribution in [0.1, 0.15) is 39.2 Å². The highest BCUT2D eigenvalue weighted by molar-refractivity contribution is 5.69. The van der Waals surface area contributed by atoms with Gasteiger partial charge in [-0.25, -0.2) is 9.78 Å². The molecule has 2 aliphatic heterocycles. The van der Waals surface area contributed by atoms with Crippen LogP contribution in [-0.2, 0) is 15.1 Å². The zero-order valence-corrected chi connectivity index (χ0v) is 15.2. The lowest BCUT2D eigenvalue weighted by Gasteiger charge is -2.51. The summed E-state index contributed by atoms with van der Waals surface area (Å²) in [6, 6.07) is 3.08. The fourth-order valence-corrected chi connectivity index (χ4v) is 3.64. The number of ether oxygens (including phenoxy) is 3. The second-order valence-corrected chi connectivity index (χ2v) is 7.76. The molecule has 2 saturated heterocycles. The van der Waals surface area contributed by atoms with E-state index in [2.05, 4.69) is 4.98 Å². The highest BCUT2D eigenvalue weighted by Gasteiger charge is 2.50. The molecule has 1 aromatic heterocycles. The Morgan fingerprint density at radius 3 is 2.56 bits per heavy atom. The fraction of sp³-hybridized carbons (Fsp3) is 0.667. The Hall–Kier alpha value is -1.86. The number of aliphatic hydroxyl groups is 1. The van der Waals surface area contributed by atoms with Gasteiger partial charge in [-0.05, 0) is 32.4 Å². The Bertz CT molecular complexity index is 629. The van der Waals surface area contributed by atoms with Crippen molar-refractivity contribution in [3.63, 3.8) is 0 Å². The van der Waals surface area contributed by atoms with Gasteiger partial charge >= 0.3 is 6.09 Å². The smallest absolute Gasteiger partial charge is 0.410 e. The zero-order valence-electron chi connectivity index (χ0n) is 15.2. The summed E-state index contributed by atoms with van der Waals surface area (Å²) < 4.78 is 16.3. The Morgan fingerprint density at radius 1 is 1.36 bits per heavy atom. The van der Waals surface area contributed by atoms with Gasteiger partial charge < -0.3 is 19.3 Å². The van der Waals surface area contributed by atoms with E-state index in [1.54, 1.807) is 30.3 Å². The first-order valence-electron chi connectivity index (χ1n) is 8.54. The molecule has 138 valence electrons. The molecule has 0 aliphatic carbocycles. The first-order valence-corrected chi connectivity index (χ1v) is 8.54. The van der Waals surface area contributed by atoms with Crippen molar-refractivity contribution in [2.24, 2.45) is 0 Å². The summed E-state index contributed by atoms with van der Waals surface area (Å²) >= 11 is 0. The first-order chi connectivity index (χ1) is 11.7. The van der Waals surface area contributed by atoms with Gasteiger partial charge in [-0.15, -0.1) is 0 Å². The summed E-state index contributed by atoms with van der Waals surface area (Å²) in [6.45, 7) is 6.32. The van der Waals surface area contributed by atoms with Gasteiger partial charge in [0.25, 0.3) is 0 Å². The van der Waals surface area contributed by atoms with E-state index in [4.69, 9.17) is 14.2 Å². The average molecular weight is 350 g/mol. The Balaban J connectivity index is 1.84. The van der Waals surface area contributed by atoms with Gasteiger partial charge in [-0.3, -0.25) is 4.90 Å². The second-order valence-electron chi connectivity index (χ2n) is 7.76. The molecule has 7 nitrogen and oxygen atoms in total. The van der Waals surface area contributed by atoms with E-state index in [1.165, 1.54) is 0 Å². The summed E-state index contributed by atoms with van der Waals surface area (Å²) in [5, 5.41) is 11.3. The van der Waals surface area contributed by atoms with Crippen LogP contribution in [0.25, 0.3) is 0 Å². The summed E-state index contributed by atoms with van der Waals surface area (Å²) in [5.74, 6) is 0.460. The van der Waals surface area contributed by atoms with E-state index in [0.29, 0.717) is 31.9 Å². The molecule has 1 aromatic rings. The number of methoxy groups -OCH3 is 1. The number of rotatable bonds is 2. The standard InChI is InChI=1S/C18H26N2O5/c1-17(2,3)25-16(21)20-13-8-18(22,9-14(20)11-24-10-13)12-5-6-19-15(7-12)23-4/h5-7,13-14,22H,8-11H2,1-4H3. The van der Waals surface area contributed by atoms with Crippen LogP contribution >= 0.6 is 0 Å². The largest absolute Gasteiger partial charge is 0.481 e. The van der Waals surface area contributed by atoms with Gasteiger partial charge in [0.2, 0.25) is 5.88 Å². The van der Waals surface area contributed by atoms with Crippen molar-refractivity contribution >= 4 is 6.09 Å². The molecule has 3 rings (SSSR count). The van der Waals surface area contributed by atoms with Gasteiger partial charge in [0, 0.05) is 25.1 Å². The molecule has 2 atom stereocenters. The molecule has 0 spiro atoms. The highest BCUT2D eigenvalue weighted by Crippen LogP contribution is 2.42. The molecule has 0 saturated carbocycles. The third kappa shape index (κ3) is 3.72. The predicted octanol–water partition coefficient (Wildman–Crippen LogP) is 2.08.